The average Bonchev–Trinajstić information content (AvgIpc) is 2.72. The van der Waals surface area contributed by atoms with Crippen LogP contribution in [-0.2, 0) is 4.79 Å². The molecule has 0 aromatic heterocycles. The van der Waals surface area contributed by atoms with E-state index in [1.54, 1.807) is 36.4 Å². The molecule has 0 aliphatic carbocycles. The van der Waals surface area contributed by atoms with Crippen LogP contribution >= 0.6 is 23.2 Å². The van der Waals surface area contributed by atoms with E-state index in [-0.39, 0.29) is 5.91 Å². The lowest BCUT2D eigenvalue weighted by Crippen LogP contribution is -2.47. The highest BCUT2D eigenvalue weighted by molar-refractivity contribution is 6.35. The van der Waals surface area contributed by atoms with Crippen LogP contribution in [0, 0.1) is 11.3 Å². The van der Waals surface area contributed by atoms with Gasteiger partial charge in [-0.1, -0.05) is 47.5 Å². The summed E-state index contributed by atoms with van der Waals surface area (Å²) in [7, 11) is 0. The Kier molecular flexibility index (Phi) is 5.45. The minimum atomic E-state index is -0.519. The maximum absolute atomic E-state index is 12.9. The Morgan fingerprint density at radius 2 is 1.90 bits per heavy atom. The van der Waals surface area contributed by atoms with E-state index in [0.29, 0.717) is 27.0 Å². The summed E-state index contributed by atoms with van der Waals surface area (Å²) in [5, 5.41) is 19.3. The van der Waals surface area contributed by atoms with Crippen molar-refractivity contribution >= 4 is 46.1 Å². The second kappa shape index (κ2) is 8.19. The summed E-state index contributed by atoms with van der Waals surface area (Å²) in [6, 6.07) is 14.4. The predicted octanol–water partition coefficient (Wildman–Crippen LogP) is 4.99. The van der Waals surface area contributed by atoms with Crippen LogP contribution in [-0.4, -0.2) is 22.8 Å². The maximum atomic E-state index is 12.9. The van der Waals surface area contributed by atoms with E-state index in [4.69, 9.17) is 28.5 Å². The summed E-state index contributed by atoms with van der Waals surface area (Å²) < 4.78 is 0. The lowest BCUT2D eigenvalue weighted by Gasteiger charge is -2.33. The number of halogens is 2. The molecule has 1 N–H and O–H groups in total. The number of nitrogens with one attached hydrogen (secondary N) is 1. The topological polar surface area (TPSA) is 68.5 Å². The molecular weight excluding hydrogens is 419 g/mol. The number of hydrogen-bond donors (Lipinski definition) is 1. The Morgan fingerprint density at radius 3 is 2.60 bits per heavy atom. The summed E-state index contributed by atoms with van der Waals surface area (Å²) in [5.74, 6) is -0.245. The van der Waals surface area contributed by atoms with Gasteiger partial charge in [0.2, 0.25) is 0 Å². The van der Waals surface area contributed by atoms with Crippen molar-refractivity contribution < 1.29 is 4.79 Å². The molecule has 0 saturated carbocycles. The minimum absolute atomic E-state index is 0.245. The zero-order chi connectivity index (χ0) is 21.3. The van der Waals surface area contributed by atoms with E-state index in [9.17, 15) is 4.79 Å². The third kappa shape index (κ3) is 4.02. The summed E-state index contributed by atoms with van der Waals surface area (Å²) in [6.45, 7) is 1.83. The molecule has 7 heteroatoms. The SMILES string of the molecule is CC1=N/N2C(=O)C=C(c3ccc(C#N)cc3)NC2/C=C(c2ccc(Cl)cc2Cl)/C=C\1. The van der Waals surface area contributed by atoms with Gasteiger partial charge >= 0.3 is 0 Å². The second-order valence-electron chi connectivity index (χ2n) is 6.84. The molecule has 2 heterocycles. The number of rotatable bonds is 2. The first-order chi connectivity index (χ1) is 14.4. The first kappa shape index (κ1) is 20.0. The molecule has 148 valence electrons. The van der Waals surface area contributed by atoms with Gasteiger partial charge in [-0.05, 0) is 54.5 Å². The van der Waals surface area contributed by atoms with Crippen LogP contribution in [0.2, 0.25) is 10.0 Å². The molecule has 2 aromatic rings. The molecule has 4 rings (SSSR count). The number of carbonyl (C=O) groups is 1. The van der Waals surface area contributed by atoms with E-state index in [2.05, 4.69) is 16.5 Å². The molecule has 2 aliphatic heterocycles. The van der Waals surface area contributed by atoms with E-state index in [1.807, 2.05) is 31.2 Å². The van der Waals surface area contributed by atoms with Gasteiger partial charge in [-0.15, -0.1) is 0 Å². The van der Waals surface area contributed by atoms with Crippen molar-refractivity contribution in [1.82, 2.24) is 10.3 Å². The Bertz CT molecular complexity index is 1190. The molecule has 5 nitrogen and oxygen atoms in total. The average molecular weight is 435 g/mol. The van der Waals surface area contributed by atoms with Crippen molar-refractivity contribution in [2.75, 3.05) is 0 Å². The zero-order valence-electron chi connectivity index (χ0n) is 15.9. The smallest absolute Gasteiger partial charge is 0.271 e. The molecule has 2 aromatic carbocycles. The number of hydrogen-bond acceptors (Lipinski definition) is 4. The lowest BCUT2D eigenvalue weighted by atomic mass is 10.0. The number of nitriles is 1. The van der Waals surface area contributed by atoms with E-state index < -0.39 is 6.17 Å². The quantitative estimate of drug-likeness (QED) is 0.723. The molecular formula is C23H16Cl2N4O. The highest BCUT2D eigenvalue weighted by Crippen LogP contribution is 2.30. The van der Waals surface area contributed by atoms with E-state index in [0.717, 1.165) is 16.7 Å². The number of fused-ring (bicyclic) bond motifs is 1. The first-order valence-corrected chi connectivity index (χ1v) is 9.93. The van der Waals surface area contributed by atoms with Crippen LogP contribution in [0.5, 0.6) is 0 Å². The van der Waals surface area contributed by atoms with Crippen LogP contribution in [0.3, 0.4) is 0 Å². The van der Waals surface area contributed by atoms with Gasteiger partial charge in [0.15, 0.2) is 0 Å². The first-order valence-electron chi connectivity index (χ1n) is 9.17. The molecule has 0 bridgehead atoms. The third-order valence-electron chi connectivity index (χ3n) is 4.73. The van der Waals surface area contributed by atoms with Crippen LogP contribution in [0.4, 0.5) is 0 Å². The lowest BCUT2D eigenvalue weighted by molar-refractivity contribution is -0.128. The molecule has 0 spiro atoms. The van der Waals surface area contributed by atoms with Crippen LogP contribution in [0.15, 0.2) is 71.9 Å². The molecule has 0 radical (unpaired) electrons. The Morgan fingerprint density at radius 1 is 1.13 bits per heavy atom. The molecule has 0 fully saturated rings. The van der Waals surface area contributed by atoms with Gasteiger partial charge in [0.1, 0.15) is 6.17 Å². The van der Waals surface area contributed by atoms with Crippen LogP contribution < -0.4 is 5.32 Å². The number of carbonyl (C=O) groups excluding carboxylic acids is 1. The summed E-state index contributed by atoms with van der Waals surface area (Å²) in [6.07, 6.45) is 6.63. The number of hydrazone groups is 1. The summed E-state index contributed by atoms with van der Waals surface area (Å²) >= 11 is 12.5. The molecule has 1 amide bonds. The predicted molar refractivity (Wildman–Crippen MR) is 120 cm³/mol. The van der Waals surface area contributed by atoms with Gasteiger partial charge in [0, 0.05) is 27.4 Å². The van der Waals surface area contributed by atoms with Crippen LogP contribution in [0.1, 0.15) is 23.6 Å². The Labute approximate surface area is 184 Å². The van der Waals surface area contributed by atoms with E-state index >= 15 is 0 Å². The Balaban J connectivity index is 1.76. The highest BCUT2D eigenvalue weighted by atomic mass is 35.5. The standard InChI is InChI=1S/C23H16Cl2N4O/c1-14-2-5-17(19-9-8-18(24)11-20(19)25)10-22-27-21(12-23(30)29(22)28-14)16-6-3-15(13-26)4-7-16/h2-12,22,27H,1H3/b5-2-,17-10-,28-14-. The van der Waals surface area contributed by atoms with E-state index in [1.165, 1.54) is 11.1 Å². The van der Waals surface area contributed by atoms with Gasteiger partial charge in [0.05, 0.1) is 17.3 Å². The molecule has 30 heavy (non-hydrogen) atoms. The minimum Gasteiger partial charge on any atom is -0.360 e. The van der Waals surface area contributed by atoms with Gasteiger partial charge in [-0.2, -0.15) is 10.4 Å². The number of amides is 1. The van der Waals surface area contributed by atoms with Gasteiger partial charge in [0.25, 0.3) is 5.91 Å². The van der Waals surface area contributed by atoms with Crippen molar-refractivity contribution in [2.45, 2.75) is 13.1 Å². The maximum Gasteiger partial charge on any atom is 0.271 e. The zero-order valence-corrected chi connectivity index (χ0v) is 17.4. The second-order valence-corrected chi connectivity index (χ2v) is 7.68. The fraction of sp³-hybridized carbons (Fsp3) is 0.0870. The third-order valence-corrected chi connectivity index (χ3v) is 5.28. The van der Waals surface area contributed by atoms with Crippen LogP contribution in [0.25, 0.3) is 11.3 Å². The molecule has 0 saturated heterocycles. The van der Waals surface area contributed by atoms with Crippen molar-refractivity contribution in [3.8, 4) is 6.07 Å². The largest absolute Gasteiger partial charge is 0.360 e. The molecule has 1 unspecified atom stereocenters. The monoisotopic (exact) mass is 434 g/mol. The van der Waals surface area contributed by atoms with Gasteiger partial charge < -0.3 is 5.32 Å². The molecule has 1 atom stereocenters. The van der Waals surface area contributed by atoms with Crippen molar-refractivity contribution in [2.24, 2.45) is 5.10 Å². The Hall–Kier alpha value is -3.33. The summed E-state index contributed by atoms with van der Waals surface area (Å²) in [5.41, 5.74) is 4.33. The van der Waals surface area contributed by atoms with Crippen molar-refractivity contribution in [3.63, 3.8) is 0 Å². The summed E-state index contributed by atoms with van der Waals surface area (Å²) in [4.78, 5) is 12.9. The van der Waals surface area contributed by atoms with Gasteiger partial charge in [-0.25, -0.2) is 5.01 Å². The number of benzene rings is 2. The van der Waals surface area contributed by atoms with Gasteiger partial charge in [-0.3, -0.25) is 4.79 Å². The fourth-order valence-corrected chi connectivity index (χ4v) is 3.76. The number of nitrogens with zero attached hydrogens (tertiary/aromatic N) is 3. The molecule has 2 aliphatic rings. The fourth-order valence-electron chi connectivity index (χ4n) is 3.25. The highest BCUT2D eigenvalue weighted by Gasteiger charge is 2.28. The normalized spacial score (nSPS) is 22.7. The number of allylic oxidation sites excluding steroid dienone is 3. The van der Waals surface area contributed by atoms with Crippen molar-refractivity contribution in [3.05, 3.63) is 93.5 Å². The van der Waals surface area contributed by atoms with Crippen molar-refractivity contribution in [1.29, 1.82) is 5.26 Å².